The molecule has 0 amide bonds. The molecule has 0 aliphatic rings. The number of anilines is 6. The maximum absolute atomic E-state index is 11.2. The van der Waals surface area contributed by atoms with E-state index in [9.17, 15) is 5.26 Å². The average Bonchev–Trinajstić information content (AvgIpc) is 3.28. The number of nitriles is 1. The second-order valence-corrected chi connectivity index (χ2v) is 21.9. The van der Waals surface area contributed by atoms with Crippen molar-refractivity contribution in [2.75, 3.05) is 9.80 Å². The lowest BCUT2D eigenvalue weighted by Crippen LogP contribution is -2.11. The van der Waals surface area contributed by atoms with E-state index in [-0.39, 0.29) is 0 Å². The second kappa shape index (κ2) is 18.3. The second-order valence-electron chi connectivity index (χ2n) is 21.9. The van der Waals surface area contributed by atoms with Crippen LogP contribution in [0.15, 0.2) is 266 Å². The Morgan fingerprint density at radius 3 is 1.15 bits per heavy atom. The van der Waals surface area contributed by atoms with Crippen LogP contribution in [0, 0.1) is 25.2 Å². The molecule has 0 saturated carbocycles. The van der Waals surface area contributed by atoms with Crippen molar-refractivity contribution in [2.24, 2.45) is 0 Å². The van der Waals surface area contributed by atoms with Crippen molar-refractivity contribution < 1.29 is 17.7 Å². The number of nitrogens with zero attached hydrogens (tertiary/aromatic N) is 3. The molecule has 0 spiro atoms. The van der Waals surface area contributed by atoms with Crippen LogP contribution in [0.2, 0.25) is 0 Å². The number of fused-ring (bicyclic) bond motifs is 14. The van der Waals surface area contributed by atoms with Gasteiger partial charge in [-0.15, -0.1) is 0 Å². The van der Waals surface area contributed by atoms with Crippen LogP contribution in [0.1, 0.15) is 16.7 Å². The molecule has 17 aromatic rings. The highest BCUT2D eigenvalue weighted by molar-refractivity contribution is 6.23. The summed E-state index contributed by atoms with van der Waals surface area (Å²) in [5, 5.41) is 22.7. The third-order valence-electron chi connectivity index (χ3n) is 17.1. The van der Waals surface area contributed by atoms with E-state index >= 15 is 0 Å². The zero-order valence-corrected chi connectivity index (χ0v) is 45.6. The fourth-order valence-corrected chi connectivity index (χ4v) is 13.1. The van der Waals surface area contributed by atoms with Gasteiger partial charge in [-0.05, 0) is 130 Å². The van der Waals surface area contributed by atoms with Gasteiger partial charge in [0.05, 0.1) is 16.9 Å². The minimum absolute atomic E-state index is 0.520. The highest BCUT2D eigenvalue weighted by Crippen LogP contribution is 2.49. The fourth-order valence-electron chi connectivity index (χ4n) is 13.1. The van der Waals surface area contributed by atoms with Gasteiger partial charge in [0.1, 0.15) is 39.6 Å². The summed E-state index contributed by atoms with van der Waals surface area (Å²) in [5.41, 5.74) is 18.8. The Labute approximate surface area is 481 Å². The summed E-state index contributed by atoms with van der Waals surface area (Å²) < 4.78 is 27.5. The molecule has 0 N–H and O–H groups in total. The molecule has 0 fully saturated rings. The highest BCUT2D eigenvalue weighted by atomic mass is 16.3. The topological polar surface area (TPSA) is 82.8 Å². The summed E-state index contributed by atoms with van der Waals surface area (Å²) in [7, 11) is 0. The third kappa shape index (κ3) is 7.17. The SMILES string of the molecule is Cc1ccccc1N(c1ccc2cc3c(cc2c1)oc1cc2oc4cc5cc(N(c6ccccc6C)c6cccc7c6oc6c(-c8ccccc8)cccc67)ccc5cc4c2c(C#N)c13)c1cccc2c1oc1c(-c3ccccc3)cccc12. The van der Waals surface area contributed by atoms with Crippen LogP contribution >= 0.6 is 0 Å². The van der Waals surface area contributed by atoms with Gasteiger partial charge in [0.25, 0.3) is 0 Å². The van der Waals surface area contributed by atoms with Crippen molar-refractivity contribution in [2.45, 2.75) is 13.8 Å². The molecule has 4 aromatic heterocycles. The number of hydrogen-bond donors (Lipinski definition) is 0. The largest absolute Gasteiger partial charge is 0.456 e. The number of para-hydroxylation sites is 6. The first-order valence-electron chi connectivity index (χ1n) is 28.3. The average molecular weight is 1080 g/mol. The van der Waals surface area contributed by atoms with Gasteiger partial charge in [0.15, 0.2) is 11.2 Å². The van der Waals surface area contributed by atoms with Crippen molar-refractivity contribution in [3.05, 3.63) is 265 Å². The highest BCUT2D eigenvalue weighted by Gasteiger charge is 2.26. The van der Waals surface area contributed by atoms with Crippen LogP contribution in [0.5, 0.6) is 0 Å². The minimum Gasteiger partial charge on any atom is -0.456 e. The molecule has 0 atom stereocenters. The molecule has 0 saturated heterocycles. The molecule has 4 heterocycles. The maximum atomic E-state index is 11.2. The van der Waals surface area contributed by atoms with Crippen LogP contribution in [0.4, 0.5) is 34.1 Å². The molecule has 7 nitrogen and oxygen atoms in total. The molecule has 17 rings (SSSR count). The van der Waals surface area contributed by atoms with Crippen LogP contribution in [0.25, 0.3) is 132 Å². The summed E-state index contributed by atoms with van der Waals surface area (Å²) in [6, 6.07) is 89.5. The monoisotopic (exact) mass is 1080 g/mol. The Morgan fingerprint density at radius 1 is 0.310 bits per heavy atom. The van der Waals surface area contributed by atoms with Crippen molar-refractivity contribution in [3.63, 3.8) is 0 Å². The van der Waals surface area contributed by atoms with Gasteiger partial charge in [-0.2, -0.15) is 5.26 Å². The molecule has 0 bridgehead atoms. The van der Waals surface area contributed by atoms with E-state index in [4.69, 9.17) is 17.7 Å². The molecule has 0 radical (unpaired) electrons. The van der Waals surface area contributed by atoms with E-state index < -0.39 is 0 Å². The summed E-state index contributed by atoms with van der Waals surface area (Å²) >= 11 is 0. The maximum Gasteiger partial charge on any atom is 0.159 e. The lowest BCUT2D eigenvalue weighted by molar-refractivity contribution is 0.656. The lowest BCUT2D eigenvalue weighted by Gasteiger charge is -2.27. The van der Waals surface area contributed by atoms with Gasteiger partial charge in [0, 0.05) is 83.0 Å². The predicted octanol–water partition coefficient (Wildman–Crippen LogP) is 22.4. The summed E-state index contributed by atoms with van der Waals surface area (Å²) in [6.07, 6.45) is 0. The van der Waals surface area contributed by atoms with E-state index in [1.165, 1.54) is 0 Å². The van der Waals surface area contributed by atoms with Crippen LogP contribution in [-0.4, -0.2) is 0 Å². The number of aryl methyl sites for hydroxylation is 2. The van der Waals surface area contributed by atoms with Gasteiger partial charge >= 0.3 is 0 Å². The summed E-state index contributed by atoms with van der Waals surface area (Å²) in [4.78, 5) is 4.60. The minimum atomic E-state index is 0.520. The van der Waals surface area contributed by atoms with Crippen molar-refractivity contribution in [3.8, 4) is 28.3 Å². The van der Waals surface area contributed by atoms with Gasteiger partial charge in [-0.3, -0.25) is 0 Å². The van der Waals surface area contributed by atoms with Gasteiger partial charge in [0.2, 0.25) is 0 Å². The standard InChI is InChI=1S/C77H47N3O4/c1-45-17-9-11-29-64(45)79(66-31-15-27-59-57-25-13-23-55(74(57)83-76(59)66)47-19-5-3-6-20-47)53-35-33-49-39-61-68(41-51(49)37-53)81-70-43-71-73(63(44-78)72(61)70)62-40-50-34-36-54(38-52(50)42-69(62)82-71)80(65-30-12-10-18-46(65)2)67-32-16-28-60-58-26-14-24-56(75(58)84-77(60)67)48-21-7-4-8-22-48/h3-43H,1-2H3. The fraction of sp³-hybridized carbons (Fsp3) is 0.0260. The van der Waals surface area contributed by atoms with E-state index in [0.29, 0.717) is 27.9 Å². The Hall–Kier alpha value is -11.3. The summed E-state index contributed by atoms with van der Waals surface area (Å²) in [5.74, 6) is 0. The van der Waals surface area contributed by atoms with Crippen LogP contribution < -0.4 is 9.80 Å². The van der Waals surface area contributed by atoms with Crippen molar-refractivity contribution in [1.29, 1.82) is 5.26 Å². The molecule has 394 valence electrons. The Kier molecular flexibility index (Phi) is 10.4. The molecule has 0 aliphatic carbocycles. The third-order valence-corrected chi connectivity index (χ3v) is 17.1. The number of rotatable bonds is 8. The number of furan rings is 4. The van der Waals surface area contributed by atoms with Gasteiger partial charge in [-0.25, -0.2) is 0 Å². The first-order chi connectivity index (χ1) is 41.4. The van der Waals surface area contributed by atoms with Crippen LogP contribution in [-0.2, 0) is 0 Å². The number of hydrogen-bond acceptors (Lipinski definition) is 7. The van der Waals surface area contributed by atoms with Crippen LogP contribution in [0.3, 0.4) is 0 Å². The van der Waals surface area contributed by atoms with Crippen molar-refractivity contribution in [1.82, 2.24) is 0 Å². The zero-order chi connectivity index (χ0) is 55.7. The lowest BCUT2D eigenvalue weighted by atomic mass is 9.98. The molecule has 7 heteroatoms. The molecular weight excluding hydrogens is 1030 g/mol. The first kappa shape index (κ1) is 47.5. The number of benzene rings is 13. The molecule has 84 heavy (non-hydrogen) atoms. The van der Waals surface area contributed by atoms with Crippen molar-refractivity contribution >= 4 is 143 Å². The van der Waals surface area contributed by atoms with Gasteiger partial charge < -0.3 is 27.5 Å². The van der Waals surface area contributed by atoms with E-state index in [0.717, 1.165) is 154 Å². The smallest absolute Gasteiger partial charge is 0.159 e. The quantitative estimate of drug-likeness (QED) is 0.150. The Bertz CT molecular complexity index is 5280. The Morgan fingerprint density at radius 2 is 0.714 bits per heavy atom. The predicted molar refractivity (Wildman–Crippen MR) is 345 cm³/mol. The zero-order valence-electron chi connectivity index (χ0n) is 45.6. The molecule has 0 aliphatic heterocycles. The van der Waals surface area contributed by atoms with E-state index in [1.54, 1.807) is 0 Å². The van der Waals surface area contributed by atoms with Gasteiger partial charge in [-0.1, -0.05) is 170 Å². The Balaban J connectivity index is 0.784. The first-order valence-corrected chi connectivity index (χ1v) is 28.3. The van der Waals surface area contributed by atoms with E-state index in [2.05, 4.69) is 260 Å². The molecular formula is C77H47N3O4. The van der Waals surface area contributed by atoms with E-state index in [1.807, 2.05) is 18.2 Å². The molecule has 0 unspecified atom stereocenters. The molecule has 13 aromatic carbocycles. The normalized spacial score (nSPS) is 11.9. The summed E-state index contributed by atoms with van der Waals surface area (Å²) in [6.45, 7) is 4.29.